The van der Waals surface area contributed by atoms with Crippen LogP contribution in [0.3, 0.4) is 0 Å². The average molecular weight is 241 g/mol. The summed E-state index contributed by atoms with van der Waals surface area (Å²) in [6, 6.07) is 0. The number of hydrogen-bond donors (Lipinski definition) is 2. The van der Waals surface area contributed by atoms with Crippen molar-refractivity contribution in [3.05, 3.63) is 23.6 Å². The van der Waals surface area contributed by atoms with Crippen molar-refractivity contribution in [2.45, 2.75) is 13.8 Å². The Hall–Kier alpha value is -1.49. The lowest BCUT2D eigenvalue weighted by molar-refractivity contribution is -0.147. The summed E-state index contributed by atoms with van der Waals surface area (Å²) in [5, 5.41) is 9.23. The van der Waals surface area contributed by atoms with Crippen LogP contribution in [-0.4, -0.2) is 31.4 Å². The zero-order chi connectivity index (χ0) is 13.1. The Labute approximate surface area is 101 Å². The SMILES string of the molecule is COCCOC1=CC(C)C(C)(C(=O)O)C(N)=C1. The Morgan fingerprint density at radius 1 is 1.59 bits per heavy atom. The zero-order valence-electron chi connectivity index (χ0n) is 10.4. The molecule has 0 aliphatic heterocycles. The Bertz CT molecular complexity index is 362. The van der Waals surface area contributed by atoms with E-state index in [9.17, 15) is 9.90 Å². The molecule has 0 saturated heterocycles. The lowest BCUT2D eigenvalue weighted by Crippen LogP contribution is -2.40. The molecule has 0 bridgehead atoms. The lowest BCUT2D eigenvalue weighted by Gasteiger charge is -2.33. The van der Waals surface area contributed by atoms with Crippen molar-refractivity contribution in [1.29, 1.82) is 0 Å². The fourth-order valence-corrected chi connectivity index (χ4v) is 1.68. The molecule has 0 heterocycles. The van der Waals surface area contributed by atoms with Gasteiger partial charge in [-0.2, -0.15) is 0 Å². The van der Waals surface area contributed by atoms with Crippen LogP contribution in [0.2, 0.25) is 0 Å². The second-order valence-corrected chi connectivity index (χ2v) is 4.31. The van der Waals surface area contributed by atoms with Crippen LogP contribution in [0, 0.1) is 11.3 Å². The largest absolute Gasteiger partial charge is 0.491 e. The van der Waals surface area contributed by atoms with E-state index >= 15 is 0 Å². The van der Waals surface area contributed by atoms with Gasteiger partial charge in [0.05, 0.1) is 6.61 Å². The maximum absolute atomic E-state index is 11.3. The maximum Gasteiger partial charge on any atom is 0.315 e. The molecule has 0 aromatic rings. The first-order valence-corrected chi connectivity index (χ1v) is 5.47. The summed E-state index contributed by atoms with van der Waals surface area (Å²) >= 11 is 0. The highest BCUT2D eigenvalue weighted by Crippen LogP contribution is 2.38. The van der Waals surface area contributed by atoms with Crippen LogP contribution in [0.15, 0.2) is 23.6 Å². The Morgan fingerprint density at radius 3 is 2.71 bits per heavy atom. The highest BCUT2D eigenvalue weighted by Gasteiger charge is 2.43. The number of aliphatic carboxylic acids is 1. The number of nitrogens with two attached hydrogens (primary N) is 1. The fourth-order valence-electron chi connectivity index (χ4n) is 1.68. The average Bonchev–Trinajstić information content (AvgIpc) is 2.25. The Morgan fingerprint density at radius 2 is 2.24 bits per heavy atom. The summed E-state index contributed by atoms with van der Waals surface area (Å²) in [4.78, 5) is 11.3. The number of carboxylic acids is 1. The van der Waals surface area contributed by atoms with E-state index in [0.29, 0.717) is 24.7 Å². The number of carbonyl (C=O) groups is 1. The van der Waals surface area contributed by atoms with Gasteiger partial charge in [0.25, 0.3) is 0 Å². The third kappa shape index (κ3) is 2.61. The van der Waals surface area contributed by atoms with Crippen molar-refractivity contribution in [3.63, 3.8) is 0 Å². The smallest absolute Gasteiger partial charge is 0.315 e. The Kier molecular flexibility index (Phi) is 4.17. The third-order valence-electron chi connectivity index (χ3n) is 3.22. The van der Waals surface area contributed by atoms with Crippen molar-refractivity contribution < 1.29 is 19.4 Å². The molecule has 0 saturated carbocycles. The van der Waals surface area contributed by atoms with Gasteiger partial charge in [0.2, 0.25) is 0 Å². The summed E-state index contributed by atoms with van der Waals surface area (Å²) in [5.41, 5.74) is 5.08. The zero-order valence-corrected chi connectivity index (χ0v) is 10.4. The minimum absolute atomic E-state index is 0.220. The van der Waals surface area contributed by atoms with E-state index in [2.05, 4.69) is 0 Å². The molecule has 17 heavy (non-hydrogen) atoms. The normalized spacial score (nSPS) is 28.3. The summed E-state index contributed by atoms with van der Waals surface area (Å²) < 4.78 is 10.3. The predicted molar refractivity (Wildman–Crippen MR) is 63.1 cm³/mol. The topological polar surface area (TPSA) is 81.8 Å². The Balaban J connectivity index is 2.80. The van der Waals surface area contributed by atoms with Gasteiger partial charge in [-0.15, -0.1) is 0 Å². The van der Waals surface area contributed by atoms with E-state index in [1.807, 2.05) is 6.92 Å². The first-order valence-electron chi connectivity index (χ1n) is 5.47. The summed E-state index contributed by atoms with van der Waals surface area (Å²) in [5.74, 6) is -0.542. The standard InChI is InChI=1S/C12H19NO4/c1-8-6-9(17-5-4-16-3)7-10(13)12(8,2)11(14)15/h6-8H,4-5,13H2,1-3H3,(H,14,15). The maximum atomic E-state index is 11.3. The monoisotopic (exact) mass is 241 g/mol. The summed E-state index contributed by atoms with van der Waals surface area (Å²) in [6.07, 6.45) is 3.35. The molecule has 2 unspecified atom stereocenters. The van der Waals surface area contributed by atoms with Gasteiger partial charge in [0.15, 0.2) is 0 Å². The van der Waals surface area contributed by atoms with Crippen LogP contribution in [0.5, 0.6) is 0 Å². The van der Waals surface area contributed by atoms with Crippen LogP contribution < -0.4 is 5.73 Å². The molecule has 0 amide bonds. The molecule has 96 valence electrons. The van der Waals surface area contributed by atoms with Gasteiger partial charge in [-0.05, 0) is 25.0 Å². The molecule has 1 aliphatic carbocycles. The molecule has 5 heteroatoms. The van der Waals surface area contributed by atoms with Crippen molar-refractivity contribution in [2.24, 2.45) is 17.1 Å². The number of allylic oxidation sites excluding steroid dienone is 2. The number of ether oxygens (including phenoxy) is 2. The van der Waals surface area contributed by atoms with Crippen molar-refractivity contribution in [2.75, 3.05) is 20.3 Å². The second kappa shape index (κ2) is 5.23. The number of methoxy groups -OCH3 is 1. The van der Waals surface area contributed by atoms with Crippen molar-refractivity contribution in [1.82, 2.24) is 0 Å². The predicted octanol–water partition coefficient (Wildman–Crippen LogP) is 1.12. The second-order valence-electron chi connectivity index (χ2n) is 4.31. The molecule has 1 aliphatic rings. The third-order valence-corrected chi connectivity index (χ3v) is 3.22. The first kappa shape index (κ1) is 13.6. The van der Waals surface area contributed by atoms with E-state index < -0.39 is 11.4 Å². The molecule has 2 atom stereocenters. The molecule has 5 nitrogen and oxygen atoms in total. The van der Waals surface area contributed by atoms with Crippen LogP contribution >= 0.6 is 0 Å². The van der Waals surface area contributed by atoms with Crippen molar-refractivity contribution >= 4 is 5.97 Å². The van der Waals surface area contributed by atoms with E-state index in [-0.39, 0.29) is 5.92 Å². The molecule has 0 aromatic carbocycles. The molecule has 1 rings (SSSR count). The van der Waals surface area contributed by atoms with E-state index in [1.165, 1.54) is 0 Å². The number of rotatable bonds is 5. The fraction of sp³-hybridized carbons (Fsp3) is 0.583. The number of carboxylic acid groups (broad SMARTS) is 1. The minimum atomic E-state index is -1.06. The van der Waals surface area contributed by atoms with Gasteiger partial charge in [-0.3, -0.25) is 4.79 Å². The summed E-state index contributed by atoms with van der Waals surface area (Å²) in [6.45, 7) is 4.33. The van der Waals surface area contributed by atoms with Gasteiger partial charge >= 0.3 is 5.97 Å². The van der Waals surface area contributed by atoms with Crippen LogP contribution in [0.4, 0.5) is 0 Å². The number of hydrogen-bond acceptors (Lipinski definition) is 4. The van der Waals surface area contributed by atoms with Crippen molar-refractivity contribution in [3.8, 4) is 0 Å². The first-order chi connectivity index (χ1) is 7.92. The highest BCUT2D eigenvalue weighted by molar-refractivity contribution is 5.79. The van der Waals surface area contributed by atoms with E-state index in [4.69, 9.17) is 15.2 Å². The highest BCUT2D eigenvalue weighted by atomic mass is 16.5. The molecular formula is C12H19NO4. The lowest BCUT2D eigenvalue weighted by atomic mass is 9.72. The van der Waals surface area contributed by atoms with E-state index in [1.54, 1.807) is 26.2 Å². The van der Waals surface area contributed by atoms with Crippen LogP contribution in [0.25, 0.3) is 0 Å². The van der Waals surface area contributed by atoms with Crippen LogP contribution in [0.1, 0.15) is 13.8 Å². The van der Waals surface area contributed by atoms with Crippen LogP contribution in [-0.2, 0) is 14.3 Å². The quantitative estimate of drug-likeness (QED) is 0.705. The molecule has 3 N–H and O–H groups in total. The van der Waals surface area contributed by atoms with E-state index in [0.717, 1.165) is 0 Å². The van der Waals surface area contributed by atoms with Gasteiger partial charge in [-0.1, -0.05) is 6.92 Å². The summed E-state index contributed by atoms with van der Waals surface area (Å²) in [7, 11) is 1.59. The minimum Gasteiger partial charge on any atom is -0.491 e. The molecule has 0 aromatic heterocycles. The molecule has 0 fully saturated rings. The molecular weight excluding hydrogens is 222 g/mol. The molecule has 0 spiro atoms. The van der Waals surface area contributed by atoms with Gasteiger partial charge in [-0.25, -0.2) is 0 Å². The van der Waals surface area contributed by atoms with Gasteiger partial charge < -0.3 is 20.3 Å². The van der Waals surface area contributed by atoms with Gasteiger partial charge in [0, 0.05) is 12.8 Å². The molecule has 0 radical (unpaired) electrons. The van der Waals surface area contributed by atoms with Gasteiger partial charge in [0.1, 0.15) is 17.8 Å².